The normalized spacial score (nSPS) is 10.8. The van der Waals surface area contributed by atoms with E-state index < -0.39 is 32.1 Å². The van der Waals surface area contributed by atoms with Gasteiger partial charge in [-0.3, -0.25) is 0 Å². The van der Waals surface area contributed by atoms with Gasteiger partial charge in [-0.1, -0.05) is 0 Å². The molecule has 0 atom stereocenters. The number of aliphatic hydroxyl groups is 2. The summed E-state index contributed by atoms with van der Waals surface area (Å²) in [5.41, 5.74) is 0. The van der Waals surface area contributed by atoms with Crippen LogP contribution < -0.4 is 0 Å². The molecule has 0 aromatic rings. The van der Waals surface area contributed by atoms with Gasteiger partial charge in [-0.15, -0.1) is 0 Å². The molecule has 0 aromatic heterocycles. The van der Waals surface area contributed by atoms with Crippen LogP contribution in [0.4, 0.5) is 0 Å². The average molecular weight is 288 g/mol. The molecule has 0 heterocycles. The Kier molecular flexibility index (Phi) is 11.3. The Morgan fingerprint density at radius 2 is 0.923 bits per heavy atom. The van der Waals surface area contributed by atoms with Crippen molar-refractivity contribution in [2.45, 2.75) is 0 Å². The molecule has 0 radical (unpaired) electrons. The van der Waals surface area contributed by atoms with E-state index in [4.69, 9.17) is 10.2 Å². The van der Waals surface area contributed by atoms with Gasteiger partial charge in [-0.2, -0.15) is 0 Å². The fraction of sp³-hybridized carbons (Fsp3) is 1.00. The summed E-state index contributed by atoms with van der Waals surface area (Å²) in [5.74, 6) is -2.62. The van der Waals surface area contributed by atoms with E-state index in [2.05, 4.69) is 0 Å². The third-order valence-corrected chi connectivity index (χ3v) is 0.949. The fourth-order valence-electron chi connectivity index (χ4n) is 0. The SMILES string of the molecule is O=S(=O)([O-])CO.O=S(=O)([O-])CO.[Zn+2]. The van der Waals surface area contributed by atoms with E-state index in [0.29, 0.717) is 0 Å². The quantitative estimate of drug-likeness (QED) is 0.401. The monoisotopic (exact) mass is 286 g/mol. The summed E-state index contributed by atoms with van der Waals surface area (Å²) in [6, 6.07) is 0. The topological polar surface area (TPSA) is 155 Å². The Labute approximate surface area is 87.8 Å². The van der Waals surface area contributed by atoms with Crippen LogP contribution in [0.15, 0.2) is 0 Å². The average Bonchev–Trinajstić information content (AvgIpc) is 1.86. The van der Waals surface area contributed by atoms with Crippen LogP contribution in [0.5, 0.6) is 0 Å². The molecular formula is C2H6O8S2Zn. The van der Waals surface area contributed by atoms with E-state index in [1.807, 2.05) is 0 Å². The van der Waals surface area contributed by atoms with E-state index in [1.165, 1.54) is 0 Å². The van der Waals surface area contributed by atoms with Crippen molar-refractivity contribution in [2.24, 2.45) is 0 Å². The first-order chi connectivity index (χ1) is 5.12. The maximum absolute atomic E-state index is 9.19. The zero-order valence-electron chi connectivity index (χ0n) is 6.28. The van der Waals surface area contributed by atoms with Gasteiger partial charge in [0, 0.05) is 0 Å². The second kappa shape index (κ2) is 7.74. The van der Waals surface area contributed by atoms with Gasteiger partial charge in [0.2, 0.25) is 0 Å². The minimum Gasteiger partial charge on any atom is -0.746 e. The van der Waals surface area contributed by atoms with Crippen LogP contribution in [0.2, 0.25) is 0 Å². The van der Waals surface area contributed by atoms with Crippen LogP contribution in [-0.4, -0.2) is 48.0 Å². The second-order valence-corrected chi connectivity index (χ2v) is 4.12. The molecule has 0 aliphatic heterocycles. The van der Waals surface area contributed by atoms with Gasteiger partial charge < -0.3 is 19.3 Å². The number of aliphatic hydroxyl groups excluding tert-OH is 2. The third kappa shape index (κ3) is 32.8. The molecule has 13 heavy (non-hydrogen) atoms. The van der Waals surface area contributed by atoms with Crippen LogP contribution in [0, 0.1) is 0 Å². The van der Waals surface area contributed by atoms with E-state index >= 15 is 0 Å². The van der Waals surface area contributed by atoms with E-state index in [1.54, 1.807) is 0 Å². The molecule has 0 rings (SSSR count). The van der Waals surface area contributed by atoms with Crippen molar-refractivity contribution in [1.29, 1.82) is 0 Å². The van der Waals surface area contributed by atoms with Crippen molar-refractivity contribution < 1.29 is 55.6 Å². The molecule has 0 spiro atoms. The number of hydrogen-bond donors (Lipinski definition) is 2. The van der Waals surface area contributed by atoms with Crippen LogP contribution in [-0.2, 0) is 39.7 Å². The van der Waals surface area contributed by atoms with Gasteiger partial charge in [-0.05, 0) is 0 Å². The summed E-state index contributed by atoms with van der Waals surface area (Å²) in [5, 5.41) is 15.0. The van der Waals surface area contributed by atoms with Crippen LogP contribution >= 0.6 is 0 Å². The largest absolute Gasteiger partial charge is 2.00 e. The molecule has 0 fully saturated rings. The van der Waals surface area contributed by atoms with Crippen molar-refractivity contribution in [3.8, 4) is 0 Å². The molecule has 0 aliphatic carbocycles. The number of hydrogen-bond acceptors (Lipinski definition) is 8. The maximum atomic E-state index is 9.19. The molecule has 0 bridgehead atoms. The first-order valence-corrected chi connectivity index (χ1v) is 5.36. The molecular weight excluding hydrogens is 282 g/mol. The Morgan fingerprint density at radius 1 is 0.846 bits per heavy atom. The molecule has 11 heteroatoms. The molecule has 0 aliphatic rings. The summed E-state index contributed by atoms with van der Waals surface area (Å²) >= 11 is 0. The zero-order valence-corrected chi connectivity index (χ0v) is 10.9. The Bertz CT molecular complexity index is 256. The Morgan fingerprint density at radius 3 is 0.923 bits per heavy atom. The van der Waals surface area contributed by atoms with Gasteiger partial charge >= 0.3 is 19.5 Å². The second-order valence-electron chi connectivity index (χ2n) is 1.37. The first kappa shape index (κ1) is 19.0. The van der Waals surface area contributed by atoms with Crippen molar-refractivity contribution in [2.75, 3.05) is 11.9 Å². The summed E-state index contributed by atoms with van der Waals surface area (Å²) < 4.78 is 55.2. The molecule has 2 N–H and O–H groups in total. The molecule has 0 aromatic carbocycles. The van der Waals surface area contributed by atoms with Crippen molar-refractivity contribution in [3.63, 3.8) is 0 Å². The predicted octanol–water partition coefficient (Wildman–Crippen LogP) is -3.04. The number of rotatable bonds is 2. The molecule has 0 saturated heterocycles. The predicted molar refractivity (Wildman–Crippen MR) is 33.6 cm³/mol. The summed E-state index contributed by atoms with van der Waals surface area (Å²) in [7, 11) is -8.71. The zero-order chi connectivity index (χ0) is 10.4. The van der Waals surface area contributed by atoms with Crippen molar-refractivity contribution in [3.05, 3.63) is 0 Å². The fourth-order valence-corrected chi connectivity index (χ4v) is 0. The summed E-state index contributed by atoms with van der Waals surface area (Å²) in [4.78, 5) is 0. The third-order valence-electron chi connectivity index (χ3n) is 0.316. The van der Waals surface area contributed by atoms with Crippen LogP contribution in [0.3, 0.4) is 0 Å². The van der Waals surface area contributed by atoms with Gasteiger partial charge in [0.15, 0.2) is 0 Å². The molecule has 0 unspecified atom stereocenters. The van der Waals surface area contributed by atoms with Crippen molar-refractivity contribution in [1.82, 2.24) is 0 Å². The minimum atomic E-state index is -4.36. The van der Waals surface area contributed by atoms with Gasteiger partial charge in [0.1, 0.15) is 32.1 Å². The Hall–Kier alpha value is 0.363. The van der Waals surface area contributed by atoms with Gasteiger partial charge in [0.05, 0.1) is 0 Å². The van der Waals surface area contributed by atoms with Gasteiger partial charge in [-0.25, -0.2) is 16.8 Å². The van der Waals surface area contributed by atoms with E-state index in [-0.39, 0.29) is 19.5 Å². The summed E-state index contributed by atoms with van der Waals surface area (Å²) in [6.45, 7) is 0. The molecule has 0 saturated carbocycles. The molecule has 76 valence electrons. The van der Waals surface area contributed by atoms with Gasteiger partial charge in [0.25, 0.3) is 0 Å². The maximum Gasteiger partial charge on any atom is 2.00 e. The van der Waals surface area contributed by atoms with E-state index in [9.17, 15) is 25.9 Å². The van der Waals surface area contributed by atoms with Crippen LogP contribution in [0.1, 0.15) is 0 Å². The van der Waals surface area contributed by atoms with E-state index in [0.717, 1.165) is 0 Å². The van der Waals surface area contributed by atoms with Crippen molar-refractivity contribution >= 4 is 20.2 Å². The molecule has 8 nitrogen and oxygen atoms in total. The first-order valence-electron chi connectivity index (χ1n) is 2.21. The summed E-state index contributed by atoms with van der Waals surface area (Å²) in [6.07, 6.45) is 0. The molecule has 0 amide bonds. The standard InChI is InChI=1S/2CH4O4S.Zn/c2*2-1-6(3,4)5;/h2*2H,1H2,(H,3,4,5);/q;;+2/p-2. The smallest absolute Gasteiger partial charge is 0.746 e. The Balaban J connectivity index is -0.000000143. The minimum absolute atomic E-state index is 0. The van der Waals surface area contributed by atoms with Crippen LogP contribution in [0.25, 0.3) is 0 Å².